The normalized spacial score (nSPS) is 8.91. The zero-order valence-electron chi connectivity index (χ0n) is 48.7. The van der Waals surface area contributed by atoms with E-state index in [1.54, 1.807) is 0 Å². The Hall–Kier alpha value is -6.59. The molecule has 12 rings (SSSR count). The van der Waals surface area contributed by atoms with E-state index < -0.39 is 31.7 Å². The minimum atomic E-state index is -0.446. The van der Waals surface area contributed by atoms with Crippen molar-refractivity contribution in [3.8, 4) is 0 Å². The molecule has 0 saturated carbocycles. The second kappa shape index (κ2) is 57.1. The molecule has 0 aliphatic heterocycles. The summed E-state index contributed by atoms with van der Waals surface area (Å²) < 4.78 is 0. The van der Waals surface area contributed by atoms with Crippen molar-refractivity contribution < 1.29 is 108 Å². The molecule has 12 nitrogen and oxygen atoms in total. The quantitative estimate of drug-likeness (QED) is 0.0838. The van der Waals surface area contributed by atoms with Gasteiger partial charge >= 0.3 is 44.8 Å². The summed E-state index contributed by atoms with van der Waals surface area (Å²) in [4.78, 5) is 56.0. The van der Waals surface area contributed by atoms with E-state index >= 15 is 0 Å². The largest absolute Gasteiger partial charge is 2.00 e. The van der Waals surface area contributed by atoms with Gasteiger partial charge in [0.25, 0.3) is 0 Å². The first-order valence-corrected chi connectivity index (χ1v) is 31.6. The molecule has 0 amide bonds. The number of hydrogen-bond acceptors (Lipinski definition) is 8. The van der Waals surface area contributed by atoms with E-state index in [1.165, 1.54) is 63.7 Å². The van der Waals surface area contributed by atoms with Crippen LogP contribution in [0, 0.1) is 39.7 Å². The van der Waals surface area contributed by atoms with Crippen LogP contribution in [0.2, 0.25) is 0 Å². The van der Waals surface area contributed by atoms with Gasteiger partial charge in [-0.15, -0.1) is 0 Å². The second-order valence-electron chi connectivity index (χ2n) is 17.4. The van der Waals surface area contributed by atoms with Gasteiger partial charge in [-0.1, -0.05) is 364 Å². The summed E-state index contributed by atoms with van der Waals surface area (Å²) in [6.45, 7) is 0. The van der Waals surface area contributed by atoms with E-state index in [1.807, 2.05) is 0 Å². The molecule has 2 radical (unpaired) electrons. The molecular weight excluding hydrogens is 1770 g/mol. The Labute approximate surface area is 601 Å². The van der Waals surface area contributed by atoms with Crippen LogP contribution in [0.4, 0.5) is 0 Å². The molecular formula is C72H60Ag2O12P4Re2-6. The van der Waals surface area contributed by atoms with E-state index in [2.05, 4.69) is 364 Å². The topological polar surface area (TPSA) is 251 Å². The summed E-state index contributed by atoms with van der Waals surface area (Å²) >= 11 is 0. The third-order valence-electron chi connectivity index (χ3n) is 12.2. The van der Waals surface area contributed by atoms with Crippen LogP contribution in [0.25, 0.3) is 0 Å². The summed E-state index contributed by atoms with van der Waals surface area (Å²) in [7, 11) is -1.78. The molecule has 0 aliphatic rings. The number of benzene rings is 12. The molecule has 0 spiro atoms. The summed E-state index contributed by atoms with van der Waals surface area (Å²) in [5.74, 6) is 0. The molecule has 0 heterocycles. The first-order chi connectivity index (χ1) is 41.8. The van der Waals surface area contributed by atoms with Crippen LogP contribution in [-0.4, -0.2) is 0 Å². The Bertz CT molecular complexity index is 2710. The monoisotopic (exact) mass is 1830 g/mol. The van der Waals surface area contributed by atoms with E-state index in [-0.39, 0.29) is 108 Å². The van der Waals surface area contributed by atoms with Crippen LogP contribution < -0.4 is 63.7 Å². The van der Waals surface area contributed by atoms with Crippen molar-refractivity contribution in [1.29, 1.82) is 0 Å². The molecule has 0 aromatic heterocycles. The van der Waals surface area contributed by atoms with Crippen molar-refractivity contribution in [3.63, 3.8) is 0 Å². The maximum absolute atomic E-state index is 7.00. The summed E-state index contributed by atoms with van der Waals surface area (Å²) in [5, 5.41) is 16.8. The summed E-state index contributed by atoms with van der Waals surface area (Å²) in [5.41, 5.74) is 0. The molecule has 20 heteroatoms. The molecule has 0 N–H and O–H groups in total. The van der Waals surface area contributed by atoms with Gasteiger partial charge in [0.05, 0.1) is 0 Å². The van der Waals surface area contributed by atoms with Crippen molar-refractivity contribution in [2.24, 2.45) is 0 Å². The van der Waals surface area contributed by atoms with Gasteiger partial charge < -0.3 is 21.9 Å². The van der Waals surface area contributed by atoms with Gasteiger partial charge in [-0.3, -0.25) is 0 Å². The average Bonchev–Trinajstić information content (AvgIpc) is 0.887. The SMILES string of the molecule is O=O.O=O.O=O.O=O.[Ag+].[Ag+].[O-2].[O-2].[O-2].[O-2].[Re].[Re].c1ccc(P(c2ccccc2)c2ccccc2)cc1.c1ccc(P(c2ccccc2)c2ccccc2)cc1.c1ccc(P(c2ccccc2)c2ccccc2)cc1.c1ccc(P(c2ccccc2)c2ccccc2)cc1. The van der Waals surface area contributed by atoms with Crippen LogP contribution in [0.3, 0.4) is 0 Å². The predicted molar refractivity (Wildman–Crippen MR) is 370 cm³/mol. The standard InChI is InChI=1S/4C18H15P.2Ag.4O2.4O.2Re/c4*1-4-10-16(11-5-1)19(17-12-6-2-7-13-17)18-14-8-3-9-15-18;;;4*1-2;;;;;;/h4*1-15H;;;;;;;;;;;;/q;;;;2*+1;;;;;4*-2;;. The second-order valence-corrected chi connectivity index (χ2v) is 26.2. The van der Waals surface area contributed by atoms with Gasteiger partial charge in [0.15, 0.2) is 0 Å². The zero-order chi connectivity index (χ0) is 59.7. The number of hydrogen-bond donors (Lipinski definition) is 0. The average molecular weight is 1830 g/mol. The first-order valence-electron chi connectivity index (χ1n) is 26.3. The van der Waals surface area contributed by atoms with Gasteiger partial charge in [-0.05, 0) is 95.3 Å². The van der Waals surface area contributed by atoms with E-state index in [0.717, 1.165) is 0 Å². The van der Waals surface area contributed by atoms with Crippen LogP contribution in [0.15, 0.2) is 364 Å². The maximum Gasteiger partial charge on any atom is 1.00 e. The van der Waals surface area contributed by atoms with E-state index in [4.69, 9.17) is 39.7 Å². The van der Waals surface area contributed by atoms with Gasteiger partial charge in [0, 0.05) is 80.6 Å². The Balaban J connectivity index is -0.000000526. The summed E-state index contributed by atoms with van der Waals surface area (Å²) in [6.07, 6.45) is 0. The van der Waals surface area contributed by atoms with Crippen molar-refractivity contribution in [3.05, 3.63) is 404 Å². The molecule has 12 aromatic carbocycles. The summed E-state index contributed by atoms with van der Waals surface area (Å²) in [6, 6.07) is 129. The van der Waals surface area contributed by atoms with Gasteiger partial charge in [-0.2, -0.15) is 0 Å². The molecule has 0 unspecified atom stereocenters. The Morgan fingerprint density at radius 2 is 0.185 bits per heavy atom. The molecule has 0 fully saturated rings. The molecule has 0 saturated heterocycles. The van der Waals surface area contributed by atoms with E-state index in [9.17, 15) is 0 Å². The molecule has 92 heavy (non-hydrogen) atoms. The molecule has 12 aromatic rings. The van der Waals surface area contributed by atoms with Crippen LogP contribution >= 0.6 is 31.7 Å². The smallest absolute Gasteiger partial charge is 1.00 e. The van der Waals surface area contributed by atoms with Crippen LogP contribution in [-0.2, 0) is 108 Å². The van der Waals surface area contributed by atoms with Crippen molar-refractivity contribution >= 4 is 95.3 Å². The third-order valence-corrected chi connectivity index (χ3v) is 21.9. The molecule has 0 atom stereocenters. The maximum atomic E-state index is 7.00. The van der Waals surface area contributed by atoms with Gasteiger partial charge in [0.1, 0.15) is 0 Å². The van der Waals surface area contributed by atoms with Crippen LogP contribution in [0.5, 0.6) is 0 Å². The van der Waals surface area contributed by atoms with Crippen molar-refractivity contribution in [2.75, 3.05) is 0 Å². The Morgan fingerprint density at radius 1 is 0.130 bits per heavy atom. The first kappa shape index (κ1) is 91.8. The Kier molecular flexibility index (Phi) is 57.0. The number of rotatable bonds is 12. The zero-order valence-corrected chi connectivity index (χ0v) is 60.7. The van der Waals surface area contributed by atoms with Gasteiger partial charge in [0.2, 0.25) is 0 Å². The third kappa shape index (κ3) is 30.0. The molecule has 482 valence electrons. The fraction of sp³-hybridized carbons (Fsp3) is 0. The minimum absolute atomic E-state index is 0. The van der Waals surface area contributed by atoms with Crippen molar-refractivity contribution in [2.45, 2.75) is 0 Å². The molecule has 0 bridgehead atoms. The minimum Gasteiger partial charge on any atom is -2.00 e. The fourth-order valence-corrected chi connectivity index (χ4v) is 17.9. The van der Waals surface area contributed by atoms with E-state index in [0.29, 0.717) is 0 Å². The predicted octanol–water partition coefficient (Wildman–Crippen LogP) is 13.6. The van der Waals surface area contributed by atoms with Gasteiger partial charge in [-0.25, -0.2) is 0 Å². The van der Waals surface area contributed by atoms with Crippen molar-refractivity contribution in [1.82, 2.24) is 0 Å². The Morgan fingerprint density at radius 3 is 0.239 bits per heavy atom. The fourth-order valence-electron chi connectivity index (χ4n) is 8.71. The molecule has 0 aliphatic carbocycles. The van der Waals surface area contributed by atoms with Crippen LogP contribution in [0.1, 0.15) is 0 Å².